The van der Waals surface area contributed by atoms with E-state index in [1.165, 1.54) is 0 Å². The summed E-state index contributed by atoms with van der Waals surface area (Å²) in [4.78, 5) is 0. The summed E-state index contributed by atoms with van der Waals surface area (Å²) >= 11 is 0. The standard InChI is InChI=1S/C8H14P/c1-4-6-8(3,9)7-5-2/h4-5H,1-3,6-7,9H2. The summed E-state index contributed by atoms with van der Waals surface area (Å²) in [6.45, 7) is 11.3. The van der Waals surface area contributed by atoms with Gasteiger partial charge in [0, 0.05) is 0 Å². The summed E-state index contributed by atoms with van der Waals surface area (Å²) < 4.78 is 0. The SMILES string of the molecule is [CH2]C(P)(CC=C)CC=C. The Bertz CT molecular complexity index is 91.1. The van der Waals surface area contributed by atoms with Gasteiger partial charge >= 0.3 is 0 Å². The molecule has 0 aliphatic rings. The highest BCUT2D eigenvalue weighted by Gasteiger charge is 2.12. The van der Waals surface area contributed by atoms with Crippen molar-refractivity contribution >= 4 is 9.24 Å². The molecule has 0 aliphatic carbocycles. The third-order valence-electron chi connectivity index (χ3n) is 1.10. The predicted molar refractivity (Wildman–Crippen MR) is 47.4 cm³/mol. The van der Waals surface area contributed by atoms with Crippen LogP contribution in [0.1, 0.15) is 12.8 Å². The minimum absolute atomic E-state index is 0.0313. The first-order valence-electron chi connectivity index (χ1n) is 2.98. The van der Waals surface area contributed by atoms with E-state index >= 15 is 0 Å². The quantitative estimate of drug-likeness (QED) is 0.417. The molecule has 0 saturated heterocycles. The van der Waals surface area contributed by atoms with Crippen LogP contribution in [0, 0.1) is 6.92 Å². The number of hydrogen-bond acceptors (Lipinski definition) is 0. The largest absolute Gasteiger partial charge is 0.130 e. The van der Waals surface area contributed by atoms with Crippen LogP contribution in [0.2, 0.25) is 0 Å². The molecule has 0 aliphatic heterocycles. The number of rotatable bonds is 4. The van der Waals surface area contributed by atoms with Crippen molar-refractivity contribution in [2.45, 2.75) is 18.0 Å². The third-order valence-corrected chi connectivity index (χ3v) is 1.57. The zero-order valence-corrected chi connectivity index (χ0v) is 6.92. The lowest BCUT2D eigenvalue weighted by Gasteiger charge is -2.19. The van der Waals surface area contributed by atoms with Gasteiger partial charge in [0.1, 0.15) is 0 Å². The first-order valence-corrected chi connectivity index (χ1v) is 3.56. The van der Waals surface area contributed by atoms with Crippen molar-refractivity contribution in [2.75, 3.05) is 0 Å². The highest BCUT2D eigenvalue weighted by molar-refractivity contribution is 7.19. The summed E-state index contributed by atoms with van der Waals surface area (Å²) in [6.07, 6.45) is 5.60. The second kappa shape index (κ2) is 3.85. The van der Waals surface area contributed by atoms with Crippen LogP contribution < -0.4 is 0 Å². The summed E-state index contributed by atoms with van der Waals surface area (Å²) in [5.41, 5.74) is 0. The lowest BCUT2D eigenvalue weighted by molar-refractivity contribution is 0.732. The zero-order valence-electron chi connectivity index (χ0n) is 5.77. The van der Waals surface area contributed by atoms with Crippen molar-refractivity contribution in [3.05, 3.63) is 32.2 Å². The molecule has 1 atom stereocenters. The normalized spacial score (nSPS) is 10.9. The van der Waals surface area contributed by atoms with Crippen LogP contribution in [-0.4, -0.2) is 5.16 Å². The van der Waals surface area contributed by atoms with Crippen LogP contribution >= 0.6 is 9.24 Å². The van der Waals surface area contributed by atoms with Crippen molar-refractivity contribution in [3.8, 4) is 0 Å². The van der Waals surface area contributed by atoms with Crippen LogP contribution in [0.3, 0.4) is 0 Å². The maximum Gasteiger partial charge on any atom is -0.00813 e. The molecular weight excluding hydrogens is 127 g/mol. The van der Waals surface area contributed by atoms with Gasteiger partial charge in [0.25, 0.3) is 0 Å². The molecule has 1 radical (unpaired) electrons. The molecule has 0 heterocycles. The van der Waals surface area contributed by atoms with Crippen molar-refractivity contribution in [1.29, 1.82) is 0 Å². The molecule has 0 N–H and O–H groups in total. The molecule has 51 valence electrons. The van der Waals surface area contributed by atoms with Gasteiger partial charge in [-0.15, -0.1) is 22.4 Å². The van der Waals surface area contributed by atoms with Gasteiger partial charge in [-0.3, -0.25) is 0 Å². The first-order chi connectivity index (χ1) is 4.12. The van der Waals surface area contributed by atoms with Crippen molar-refractivity contribution < 1.29 is 0 Å². The Kier molecular flexibility index (Phi) is 3.81. The predicted octanol–water partition coefficient (Wildman–Crippen LogP) is 2.59. The second-order valence-electron chi connectivity index (χ2n) is 2.35. The fourth-order valence-electron chi connectivity index (χ4n) is 0.658. The molecule has 0 aromatic rings. The molecule has 0 rings (SSSR count). The summed E-state index contributed by atoms with van der Waals surface area (Å²) in [7, 11) is 2.70. The van der Waals surface area contributed by atoms with Crippen LogP contribution in [0.4, 0.5) is 0 Å². The van der Waals surface area contributed by atoms with Gasteiger partial charge in [-0.2, -0.15) is 0 Å². The summed E-state index contributed by atoms with van der Waals surface area (Å²) in [5, 5.41) is 0.0313. The Balaban J connectivity index is 3.68. The van der Waals surface area contributed by atoms with Gasteiger partial charge in [-0.05, 0) is 24.9 Å². The summed E-state index contributed by atoms with van der Waals surface area (Å²) in [6, 6.07) is 0. The topological polar surface area (TPSA) is 0 Å². The zero-order chi connectivity index (χ0) is 7.33. The Morgan fingerprint density at radius 2 is 1.56 bits per heavy atom. The molecule has 0 saturated carbocycles. The Morgan fingerprint density at radius 1 is 1.22 bits per heavy atom. The minimum atomic E-state index is 0.0313. The van der Waals surface area contributed by atoms with Crippen LogP contribution in [0.25, 0.3) is 0 Å². The lowest BCUT2D eigenvalue weighted by Crippen LogP contribution is -2.12. The average Bonchev–Trinajstić information content (AvgIpc) is 1.64. The van der Waals surface area contributed by atoms with E-state index in [-0.39, 0.29) is 5.16 Å². The van der Waals surface area contributed by atoms with Gasteiger partial charge < -0.3 is 0 Å². The Morgan fingerprint density at radius 3 is 1.78 bits per heavy atom. The number of allylic oxidation sites excluding steroid dienone is 2. The van der Waals surface area contributed by atoms with E-state index in [0.717, 1.165) is 12.8 Å². The van der Waals surface area contributed by atoms with E-state index in [0.29, 0.717) is 0 Å². The van der Waals surface area contributed by atoms with Gasteiger partial charge in [0.05, 0.1) is 0 Å². The van der Waals surface area contributed by atoms with Gasteiger partial charge in [0.2, 0.25) is 0 Å². The molecule has 1 heteroatoms. The Hall–Kier alpha value is -0.0900. The molecule has 0 spiro atoms. The highest BCUT2D eigenvalue weighted by Crippen LogP contribution is 2.25. The average molecular weight is 141 g/mol. The molecule has 1 unspecified atom stereocenters. The third kappa shape index (κ3) is 4.42. The first kappa shape index (κ1) is 8.91. The highest BCUT2D eigenvalue weighted by atomic mass is 31.0. The fourth-order valence-corrected chi connectivity index (χ4v) is 0.992. The smallest absolute Gasteiger partial charge is 0.00813 e. The molecule has 0 aromatic heterocycles. The summed E-state index contributed by atoms with van der Waals surface area (Å²) in [5.74, 6) is 0. The molecule has 0 bridgehead atoms. The molecular formula is C8H14P. The maximum absolute atomic E-state index is 3.97. The molecule has 0 nitrogen and oxygen atoms in total. The second-order valence-corrected chi connectivity index (χ2v) is 3.57. The van der Waals surface area contributed by atoms with Gasteiger partial charge in [0.15, 0.2) is 0 Å². The van der Waals surface area contributed by atoms with Gasteiger partial charge in [-0.1, -0.05) is 12.2 Å². The fraction of sp³-hybridized carbons (Fsp3) is 0.375. The van der Waals surface area contributed by atoms with E-state index in [2.05, 4.69) is 29.3 Å². The molecule has 9 heavy (non-hydrogen) atoms. The van der Waals surface area contributed by atoms with Gasteiger partial charge in [-0.25, -0.2) is 0 Å². The van der Waals surface area contributed by atoms with Crippen molar-refractivity contribution in [2.24, 2.45) is 0 Å². The van der Waals surface area contributed by atoms with E-state index in [1.54, 1.807) is 0 Å². The van der Waals surface area contributed by atoms with Crippen molar-refractivity contribution in [3.63, 3.8) is 0 Å². The molecule has 0 aromatic carbocycles. The maximum atomic E-state index is 3.97. The molecule has 0 fully saturated rings. The number of hydrogen-bond donors (Lipinski definition) is 0. The van der Waals surface area contributed by atoms with Crippen molar-refractivity contribution in [1.82, 2.24) is 0 Å². The molecule has 0 amide bonds. The Labute approximate surface area is 60.2 Å². The monoisotopic (exact) mass is 141 g/mol. The van der Waals surface area contributed by atoms with Crippen LogP contribution in [0.15, 0.2) is 25.3 Å². The van der Waals surface area contributed by atoms with E-state index in [1.807, 2.05) is 12.2 Å². The minimum Gasteiger partial charge on any atom is -0.130 e. The van der Waals surface area contributed by atoms with Crippen LogP contribution in [-0.2, 0) is 0 Å². The van der Waals surface area contributed by atoms with E-state index < -0.39 is 0 Å². The van der Waals surface area contributed by atoms with Crippen LogP contribution in [0.5, 0.6) is 0 Å². The van der Waals surface area contributed by atoms with E-state index in [9.17, 15) is 0 Å². The lowest BCUT2D eigenvalue weighted by atomic mass is 10.0. The van der Waals surface area contributed by atoms with E-state index in [4.69, 9.17) is 0 Å².